The summed E-state index contributed by atoms with van der Waals surface area (Å²) in [6.07, 6.45) is 4.85. The molecular formula is C33H27N3O2. The monoisotopic (exact) mass is 497 g/mol. The third-order valence-corrected chi connectivity index (χ3v) is 7.60. The SMILES string of the molecule is N#C/C(=C/c1ccc2c(c1)C1CCCC1N2c1ccc(N(c2ccccc2)c2ccccc2)cc1)C(=O)O. The maximum Gasteiger partial charge on any atom is 0.346 e. The summed E-state index contributed by atoms with van der Waals surface area (Å²) in [5.74, 6) is -0.799. The van der Waals surface area contributed by atoms with Gasteiger partial charge < -0.3 is 14.9 Å². The molecule has 5 heteroatoms. The minimum atomic E-state index is -1.20. The number of carbonyl (C=O) groups is 1. The molecule has 6 rings (SSSR count). The van der Waals surface area contributed by atoms with Crippen molar-refractivity contribution in [3.05, 3.63) is 120 Å². The first-order valence-corrected chi connectivity index (χ1v) is 12.9. The second kappa shape index (κ2) is 9.91. The first-order valence-electron chi connectivity index (χ1n) is 12.9. The Morgan fingerprint density at radius 3 is 2.11 bits per heavy atom. The van der Waals surface area contributed by atoms with E-state index in [0.717, 1.165) is 47.6 Å². The van der Waals surface area contributed by atoms with Crippen LogP contribution in [0.15, 0.2) is 109 Å². The van der Waals surface area contributed by atoms with Crippen LogP contribution in [0.3, 0.4) is 0 Å². The lowest BCUT2D eigenvalue weighted by molar-refractivity contribution is -0.132. The molecule has 4 aromatic rings. The van der Waals surface area contributed by atoms with Gasteiger partial charge in [-0.2, -0.15) is 5.26 Å². The summed E-state index contributed by atoms with van der Waals surface area (Å²) < 4.78 is 0. The normalized spacial score (nSPS) is 18.0. The van der Waals surface area contributed by atoms with Crippen LogP contribution in [0.4, 0.5) is 28.4 Å². The largest absolute Gasteiger partial charge is 0.477 e. The number of anilines is 5. The Morgan fingerprint density at radius 2 is 1.50 bits per heavy atom. The number of benzene rings is 4. The lowest BCUT2D eigenvalue weighted by Crippen LogP contribution is -2.26. The molecule has 0 bridgehead atoms. The Balaban J connectivity index is 1.37. The number of aliphatic carboxylic acids is 1. The van der Waals surface area contributed by atoms with Crippen LogP contribution < -0.4 is 9.80 Å². The highest BCUT2D eigenvalue weighted by Gasteiger charge is 2.42. The number of fused-ring (bicyclic) bond motifs is 3. The van der Waals surface area contributed by atoms with E-state index in [0.29, 0.717) is 12.0 Å². The fourth-order valence-electron chi connectivity index (χ4n) is 5.97. The van der Waals surface area contributed by atoms with Gasteiger partial charge in [0.15, 0.2) is 0 Å². The molecule has 0 aromatic heterocycles. The number of carboxylic acid groups (broad SMARTS) is 1. The molecule has 1 N–H and O–H groups in total. The van der Waals surface area contributed by atoms with Gasteiger partial charge in [0.2, 0.25) is 0 Å². The second-order valence-electron chi connectivity index (χ2n) is 9.79. The third-order valence-electron chi connectivity index (χ3n) is 7.60. The first-order chi connectivity index (χ1) is 18.6. The molecule has 5 nitrogen and oxygen atoms in total. The number of para-hydroxylation sites is 2. The van der Waals surface area contributed by atoms with E-state index in [9.17, 15) is 15.2 Å². The highest BCUT2D eigenvalue weighted by atomic mass is 16.4. The van der Waals surface area contributed by atoms with Crippen molar-refractivity contribution in [1.82, 2.24) is 0 Å². The van der Waals surface area contributed by atoms with Crippen LogP contribution in [0.2, 0.25) is 0 Å². The lowest BCUT2D eigenvalue weighted by Gasteiger charge is -2.29. The molecule has 2 aliphatic rings. The molecule has 1 fully saturated rings. The van der Waals surface area contributed by atoms with E-state index in [1.165, 1.54) is 17.3 Å². The van der Waals surface area contributed by atoms with Gasteiger partial charge in [0.05, 0.1) is 0 Å². The predicted molar refractivity (Wildman–Crippen MR) is 151 cm³/mol. The van der Waals surface area contributed by atoms with Gasteiger partial charge in [-0.3, -0.25) is 0 Å². The molecular weight excluding hydrogens is 470 g/mol. The predicted octanol–water partition coefficient (Wildman–Crippen LogP) is 7.94. The molecule has 2 unspecified atom stereocenters. The van der Waals surface area contributed by atoms with E-state index in [-0.39, 0.29) is 5.57 Å². The zero-order chi connectivity index (χ0) is 26.1. The number of rotatable bonds is 6. The van der Waals surface area contributed by atoms with Crippen molar-refractivity contribution in [2.75, 3.05) is 9.80 Å². The molecule has 1 saturated carbocycles. The molecule has 0 saturated heterocycles. The third kappa shape index (κ3) is 4.21. The zero-order valence-corrected chi connectivity index (χ0v) is 20.9. The molecule has 0 radical (unpaired) electrons. The topological polar surface area (TPSA) is 67.6 Å². The van der Waals surface area contributed by atoms with Crippen LogP contribution in [0.1, 0.15) is 36.3 Å². The highest BCUT2D eigenvalue weighted by molar-refractivity contribution is 5.96. The van der Waals surface area contributed by atoms with E-state index in [1.807, 2.05) is 18.2 Å². The molecule has 1 aliphatic carbocycles. The molecule has 4 aromatic carbocycles. The summed E-state index contributed by atoms with van der Waals surface area (Å²) in [6, 6.07) is 37.7. The number of hydrogen-bond donors (Lipinski definition) is 1. The van der Waals surface area contributed by atoms with Crippen molar-refractivity contribution in [3.63, 3.8) is 0 Å². The van der Waals surface area contributed by atoms with Crippen molar-refractivity contribution < 1.29 is 9.90 Å². The van der Waals surface area contributed by atoms with Crippen LogP contribution in [0, 0.1) is 11.3 Å². The minimum Gasteiger partial charge on any atom is -0.477 e. The fraction of sp³-hybridized carbons (Fsp3) is 0.152. The zero-order valence-electron chi connectivity index (χ0n) is 20.9. The molecule has 1 aliphatic heterocycles. The van der Waals surface area contributed by atoms with Gasteiger partial charge in [-0.1, -0.05) is 48.9 Å². The summed E-state index contributed by atoms with van der Waals surface area (Å²) in [6.45, 7) is 0. The smallest absolute Gasteiger partial charge is 0.346 e. The summed E-state index contributed by atoms with van der Waals surface area (Å²) in [5.41, 5.74) is 7.36. The van der Waals surface area contributed by atoms with Crippen LogP contribution in [0.5, 0.6) is 0 Å². The average Bonchev–Trinajstić information content (AvgIpc) is 3.54. The molecule has 2 atom stereocenters. The summed E-state index contributed by atoms with van der Waals surface area (Å²) >= 11 is 0. The second-order valence-corrected chi connectivity index (χ2v) is 9.79. The Kier molecular flexibility index (Phi) is 6.15. The van der Waals surface area contributed by atoms with Crippen molar-refractivity contribution in [2.45, 2.75) is 31.2 Å². The van der Waals surface area contributed by atoms with E-state index >= 15 is 0 Å². The average molecular weight is 498 g/mol. The van der Waals surface area contributed by atoms with Crippen LogP contribution in [-0.2, 0) is 4.79 Å². The van der Waals surface area contributed by atoms with E-state index in [1.54, 1.807) is 6.07 Å². The first kappa shape index (κ1) is 23.6. The Labute approximate surface area is 222 Å². The maximum atomic E-state index is 11.3. The van der Waals surface area contributed by atoms with Crippen molar-refractivity contribution in [1.29, 1.82) is 5.26 Å². The summed E-state index contributed by atoms with van der Waals surface area (Å²) in [4.78, 5) is 16.0. The maximum absolute atomic E-state index is 11.3. The Bertz CT molecular complexity index is 1500. The molecule has 0 spiro atoms. The number of carboxylic acids is 1. The molecule has 38 heavy (non-hydrogen) atoms. The Hall–Kier alpha value is -4.82. The summed E-state index contributed by atoms with van der Waals surface area (Å²) in [7, 11) is 0. The molecule has 186 valence electrons. The fourth-order valence-corrected chi connectivity index (χ4v) is 5.97. The van der Waals surface area contributed by atoms with Crippen LogP contribution in [-0.4, -0.2) is 17.1 Å². The molecule has 0 amide bonds. The Morgan fingerprint density at radius 1 is 0.868 bits per heavy atom. The van der Waals surface area contributed by atoms with Crippen molar-refractivity contribution >= 4 is 40.5 Å². The van der Waals surface area contributed by atoms with Gasteiger partial charge in [-0.25, -0.2) is 4.79 Å². The number of nitrogens with zero attached hydrogens (tertiary/aromatic N) is 3. The summed E-state index contributed by atoms with van der Waals surface area (Å²) in [5, 5.41) is 18.5. The van der Waals surface area contributed by atoms with E-state index in [2.05, 4.69) is 94.7 Å². The van der Waals surface area contributed by atoms with E-state index < -0.39 is 5.97 Å². The van der Waals surface area contributed by atoms with Gasteiger partial charge in [-0.15, -0.1) is 0 Å². The van der Waals surface area contributed by atoms with E-state index in [4.69, 9.17) is 0 Å². The van der Waals surface area contributed by atoms with Crippen molar-refractivity contribution in [2.24, 2.45) is 0 Å². The van der Waals surface area contributed by atoms with Gasteiger partial charge in [0, 0.05) is 40.4 Å². The molecule has 1 heterocycles. The van der Waals surface area contributed by atoms with Crippen molar-refractivity contribution in [3.8, 4) is 6.07 Å². The minimum absolute atomic E-state index is 0.250. The highest BCUT2D eigenvalue weighted by Crippen LogP contribution is 2.52. The van der Waals surface area contributed by atoms with Gasteiger partial charge in [-0.05, 0) is 90.7 Å². The van der Waals surface area contributed by atoms with Crippen LogP contribution >= 0.6 is 0 Å². The quantitative estimate of drug-likeness (QED) is 0.216. The lowest BCUT2D eigenvalue weighted by atomic mass is 9.95. The van der Waals surface area contributed by atoms with Crippen LogP contribution in [0.25, 0.3) is 6.08 Å². The standard InChI is InChI=1S/C33H27N3O2/c34-22-24(33(37)38)20-23-14-19-32-30(21-23)29-12-7-13-31(29)36(32)28-17-15-27(16-18-28)35(25-8-3-1-4-9-25)26-10-5-2-6-11-26/h1-6,8-11,14-21,29,31H,7,12-13H2,(H,37,38)/b24-20-. The van der Waals surface area contributed by atoms with Gasteiger partial charge in [0.25, 0.3) is 0 Å². The van der Waals surface area contributed by atoms with Gasteiger partial charge in [0.1, 0.15) is 11.6 Å². The van der Waals surface area contributed by atoms with Gasteiger partial charge >= 0.3 is 5.97 Å². The number of hydrogen-bond acceptors (Lipinski definition) is 4. The number of nitriles is 1.